The number of aryl methyl sites for hydroxylation is 1. The fraction of sp³-hybridized carbons (Fsp3) is 0.636. The monoisotopic (exact) mass is 262 g/mol. The first-order valence-electron chi connectivity index (χ1n) is 5.60. The van der Waals surface area contributed by atoms with Gasteiger partial charge in [-0.25, -0.2) is 13.8 Å². The SMILES string of the molecule is Cc1nc(CCOCC(F)F)[nH]c(=O)c1CCO. The highest BCUT2D eigenvalue weighted by Crippen LogP contribution is 2.01. The molecule has 18 heavy (non-hydrogen) atoms. The minimum Gasteiger partial charge on any atom is -0.396 e. The number of hydrogen-bond acceptors (Lipinski definition) is 4. The van der Waals surface area contributed by atoms with Crippen molar-refractivity contribution in [2.45, 2.75) is 26.2 Å². The zero-order chi connectivity index (χ0) is 13.5. The zero-order valence-corrected chi connectivity index (χ0v) is 10.1. The number of rotatable bonds is 7. The van der Waals surface area contributed by atoms with Gasteiger partial charge in [-0.15, -0.1) is 0 Å². The van der Waals surface area contributed by atoms with Gasteiger partial charge in [0.2, 0.25) is 0 Å². The normalized spacial score (nSPS) is 11.2. The van der Waals surface area contributed by atoms with E-state index in [0.717, 1.165) is 0 Å². The molecule has 0 atom stereocenters. The van der Waals surface area contributed by atoms with E-state index in [-0.39, 0.29) is 31.6 Å². The maximum absolute atomic E-state index is 11.8. The van der Waals surface area contributed by atoms with Gasteiger partial charge in [-0.1, -0.05) is 0 Å². The van der Waals surface area contributed by atoms with Crippen LogP contribution in [0.2, 0.25) is 0 Å². The van der Waals surface area contributed by atoms with Gasteiger partial charge in [0.15, 0.2) is 0 Å². The Morgan fingerprint density at radius 1 is 1.44 bits per heavy atom. The van der Waals surface area contributed by atoms with Crippen LogP contribution in [0.5, 0.6) is 0 Å². The molecule has 5 nitrogen and oxygen atoms in total. The number of hydrogen-bond donors (Lipinski definition) is 2. The molecule has 0 aliphatic heterocycles. The predicted molar refractivity (Wildman–Crippen MR) is 60.9 cm³/mol. The quantitative estimate of drug-likeness (QED) is 0.699. The van der Waals surface area contributed by atoms with Crippen molar-refractivity contribution in [3.63, 3.8) is 0 Å². The first-order chi connectivity index (χ1) is 8.54. The molecule has 0 amide bonds. The summed E-state index contributed by atoms with van der Waals surface area (Å²) in [6, 6.07) is 0. The smallest absolute Gasteiger partial charge is 0.261 e. The third-order valence-corrected chi connectivity index (χ3v) is 2.36. The standard InChI is InChI=1S/C11H16F2N2O3/c1-7-8(2-4-16)11(17)15-10(14-7)3-5-18-6-9(12)13/h9,16H,2-6H2,1H3,(H,14,15,17). The topological polar surface area (TPSA) is 75.2 Å². The van der Waals surface area contributed by atoms with E-state index in [1.54, 1.807) is 6.92 Å². The first kappa shape index (κ1) is 14.7. The Morgan fingerprint density at radius 3 is 2.72 bits per heavy atom. The Morgan fingerprint density at radius 2 is 2.17 bits per heavy atom. The van der Waals surface area contributed by atoms with Crippen molar-refractivity contribution < 1.29 is 18.6 Å². The van der Waals surface area contributed by atoms with Gasteiger partial charge in [-0.3, -0.25) is 4.79 Å². The lowest BCUT2D eigenvalue weighted by atomic mass is 10.2. The molecular formula is C11H16F2N2O3. The molecule has 0 radical (unpaired) electrons. The lowest BCUT2D eigenvalue weighted by Gasteiger charge is -2.06. The number of alkyl halides is 2. The number of aromatic nitrogens is 2. The van der Waals surface area contributed by atoms with Crippen molar-refractivity contribution in [3.8, 4) is 0 Å². The molecule has 102 valence electrons. The van der Waals surface area contributed by atoms with Crippen LogP contribution in [0, 0.1) is 6.92 Å². The highest BCUT2D eigenvalue weighted by molar-refractivity contribution is 5.16. The molecule has 0 aromatic carbocycles. The van der Waals surface area contributed by atoms with E-state index in [9.17, 15) is 13.6 Å². The Kier molecular flexibility index (Phi) is 5.87. The van der Waals surface area contributed by atoms with E-state index in [0.29, 0.717) is 17.1 Å². The number of H-pyrrole nitrogens is 1. The van der Waals surface area contributed by atoms with Crippen LogP contribution >= 0.6 is 0 Å². The largest absolute Gasteiger partial charge is 0.396 e. The summed E-state index contributed by atoms with van der Waals surface area (Å²) >= 11 is 0. The van der Waals surface area contributed by atoms with Crippen molar-refractivity contribution in [1.82, 2.24) is 9.97 Å². The number of aromatic amines is 1. The summed E-state index contributed by atoms with van der Waals surface area (Å²) in [7, 11) is 0. The third-order valence-electron chi connectivity index (χ3n) is 2.36. The second kappa shape index (κ2) is 7.17. The van der Waals surface area contributed by atoms with E-state index < -0.39 is 13.0 Å². The molecule has 0 aliphatic rings. The first-order valence-corrected chi connectivity index (χ1v) is 5.60. The molecule has 0 saturated heterocycles. The summed E-state index contributed by atoms with van der Waals surface area (Å²) in [6.45, 7) is 1.00. The second-order valence-electron chi connectivity index (χ2n) is 3.77. The molecule has 1 heterocycles. The molecule has 0 saturated carbocycles. The van der Waals surface area contributed by atoms with Crippen molar-refractivity contribution in [2.24, 2.45) is 0 Å². The molecule has 0 fully saturated rings. The van der Waals surface area contributed by atoms with Crippen LogP contribution in [-0.2, 0) is 17.6 Å². The minimum absolute atomic E-state index is 0.0755. The maximum atomic E-state index is 11.8. The lowest BCUT2D eigenvalue weighted by Crippen LogP contribution is -2.21. The van der Waals surface area contributed by atoms with E-state index in [1.807, 2.05) is 0 Å². The van der Waals surface area contributed by atoms with Gasteiger partial charge in [0.05, 0.1) is 6.61 Å². The number of halogens is 2. The summed E-state index contributed by atoms with van der Waals surface area (Å²) in [4.78, 5) is 18.3. The van der Waals surface area contributed by atoms with Crippen LogP contribution in [0.3, 0.4) is 0 Å². The second-order valence-corrected chi connectivity index (χ2v) is 3.77. The van der Waals surface area contributed by atoms with Gasteiger partial charge in [-0.05, 0) is 6.92 Å². The average Bonchev–Trinajstić information content (AvgIpc) is 2.29. The van der Waals surface area contributed by atoms with Gasteiger partial charge >= 0.3 is 0 Å². The minimum atomic E-state index is -2.49. The Labute approximate surface area is 103 Å². The zero-order valence-electron chi connectivity index (χ0n) is 10.1. The van der Waals surface area contributed by atoms with Crippen molar-refractivity contribution in [2.75, 3.05) is 19.8 Å². The van der Waals surface area contributed by atoms with Crippen LogP contribution in [0.4, 0.5) is 8.78 Å². The molecule has 0 spiro atoms. The van der Waals surface area contributed by atoms with Gasteiger partial charge in [0.25, 0.3) is 12.0 Å². The van der Waals surface area contributed by atoms with Gasteiger partial charge < -0.3 is 14.8 Å². The Balaban J connectivity index is 2.60. The Hall–Kier alpha value is -1.34. The van der Waals surface area contributed by atoms with E-state index in [2.05, 4.69) is 9.97 Å². The van der Waals surface area contributed by atoms with Crippen LogP contribution in [-0.4, -0.2) is 41.3 Å². The Bertz CT molecular complexity index is 435. The molecule has 0 aliphatic carbocycles. The molecule has 0 bridgehead atoms. The number of aliphatic hydroxyl groups excluding tert-OH is 1. The fourth-order valence-electron chi connectivity index (χ4n) is 1.53. The van der Waals surface area contributed by atoms with Crippen LogP contribution in [0.25, 0.3) is 0 Å². The molecule has 2 N–H and O–H groups in total. The predicted octanol–water partition coefficient (Wildman–Crippen LogP) is 0.437. The summed E-state index contributed by atoms with van der Waals surface area (Å²) in [5.74, 6) is 0.397. The lowest BCUT2D eigenvalue weighted by molar-refractivity contribution is 0.0182. The number of aliphatic hydroxyl groups is 1. The number of ether oxygens (including phenoxy) is 1. The van der Waals surface area contributed by atoms with Crippen LogP contribution < -0.4 is 5.56 Å². The maximum Gasteiger partial charge on any atom is 0.261 e. The van der Waals surface area contributed by atoms with Crippen LogP contribution in [0.15, 0.2) is 4.79 Å². The fourth-order valence-corrected chi connectivity index (χ4v) is 1.53. The van der Waals surface area contributed by atoms with Crippen LogP contribution in [0.1, 0.15) is 17.1 Å². The van der Waals surface area contributed by atoms with Crippen molar-refractivity contribution >= 4 is 0 Å². The average molecular weight is 262 g/mol. The molecule has 1 rings (SSSR count). The van der Waals surface area contributed by atoms with E-state index >= 15 is 0 Å². The summed E-state index contributed by atoms with van der Waals surface area (Å²) < 4.78 is 28.3. The van der Waals surface area contributed by atoms with Gasteiger partial charge in [0.1, 0.15) is 12.4 Å². The number of nitrogens with one attached hydrogen (secondary N) is 1. The summed E-state index contributed by atoms with van der Waals surface area (Å²) in [5.41, 5.74) is 0.673. The molecular weight excluding hydrogens is 246 g/mol. The van der Waals surface area contributed by atoms with Gasteiger partial charge in [0, 0.05) is 30.7 Å². The van der Waals surface area contributed by atoms with Gasteiger partial charge in [-0.2, -0.15) is 0 Å². The summed E-state index contributed by atoms with van der Waals surface area (Å²) in [6.07, 6.45) is -1.98. The van der Waals surface area contributed by atoms with E-state index in [1.165, 1.54) is 0 Å². The highest BCUT2D eigenvalue weighted by Gasteiger charge is 2.08. The number of nitrogens with zero attached hydrogens (tertiary/aromatic N) is 1. The van der Waals surface area contributed by atoms with Crippen molar-refractivity contribution in [1.29, 1.82) is 0 Å². The molecule has 1 aromatic rings. The molecule has 1 aromatic heterocycles. The molecule has 7 heteroatoms. The van der Waals surface area contributed by atoms with Crippen molar-refractivity contribution in [3.05, 3.63) is 27.4 Å². The third kappa shape index (κ3) is 4.50. The summed E-state index contributed by atoms with van der Waals surface area (Å²) in [5, 5.41) is 8.79. The van der Waals surface area contributed by atoms with E-state index in [4.69, 9.17) is 9.84 Å². The molecule has 0 unspecified atom stereocenters. The highest BCUT2D eigenvalue weighted by atomic mass is 19.3.